The fourth-order valence-corrected chi connectivity index (χ4v) is 1.77. The topological polar surface area (TPSA) is 63.7 Å². The number of ether oxygens (including phenoxy) is 1. The molecule has 0 aliphatic rings. The minimum absolute atomic E-state index is 0.198. The Morgan fingerprint density at radius 2 is 2.05 bits per heavy atom. The Morgan fingerprint density at radius 1 is 1.33 bits per heavy atom. The van der Waals surface area contributed by atoms with E-state index in [0.717, 1.165) is 0 Å². The lowest BCUT2D eigenvalue weighted by Crippen LogP contribution is -2.22. The molecule has 0 radical (unpaired) electrons. The van der Waals surface area contributed by atoms with Crippen molar-refractivity contribution in [1.29, 1.82) is 5.26 Å². The quantitative estimate of drug-likeness (QED) is 0.869. The molecule has 1 atom stereocenters. The Hall–Kier alpha value is -2.49. The van der Waals surface area contributed by atoms with Gasteiger partial charge in [0, 0.05) is 11.4 Å². The first kappa shape index (κ1) is 14.9. The van der Waals surface area contributed by atoms with Gasteiger partial charge in [0.05, 0.1) is 0 Å². The third kappa shape index (κ3) is 3.16. The van der Waals surface area contributed by atoms with Crippen LogP contribution in [-0.2, 0) is 0 Å². The first-order chi connectivity index (χ1) is 9.92. The number of hydrogen-bond donors (Lipinski definition) is 0. The van der Waals surface area contributed by atoms with Crippen molar-refractivity contribution < 1.29 is 13.5 Å². The third-order valence-corrected chi connectivity index (χ3v) is 2.85. The first-order valence-corrected chi connectivity index (χ1v) is 6.32. The molecule has 2 aromatic heterocycles. The smallest absolute Gasteiger partial charge is 0.274 e. The molecular formula is C14H14F2N4O. The highest BCUT2D eigenvalue weighted by molar-refractivity contribution is 5.43. The minimum Gasteiger partial charge on any atom is -0.481 e. The van der Waals surface area contributed by atoms with Gasteiger partial charge in [-0.15, -0.1) is 0 Å². The lowest BCUT2D eigenvalue weighted by atomic mass is 10.3. The summed E-state index contributed by atoms with van der Waals surface area (Å²) < 4.78 is 32.0. The summed E-state index contributed by atoms with van der Waals surface area (Å²) in [6.07, 6.45) is -3.87. The molecule has 0 bridgehead atoms. The molecule has 7 heteroatoms. The van der Waals surface area contributed by atoms with Crippen LogP contribution in [-0.4, -0.2) is 27.3 Å². The molecule has 0 N–H and O–H groups in total. The van der Waals surface area contributed by atoms with Gasteiger partial charge in [0.25, 0.3) is 6.43 Å². The summed E-state index contributed by atoms with van der Waals surface area (Å²) in [5.74, 6) is 0.491. The maximum absolute atomic E-state index is 12.7. The number of rotatable bonds is 4. The summed E-state index contributed by atoms with van der Waals surface area (Å²) in [4.78, 5) is 4.29. The van der Waals surface area contributed by atoms with E-state index in [0.29, 0.717) is 17.2 Å². The van der Waals surface area contributed by atoms with E-state index < -0.39 is 12.5 Å². The average Bonchev–Trinajstić information content (AvgIpc) is 2.81. The summed E-state index contributed by atoms with van der Waals surface area (Å²) in [7, 11) is 0. The molecule has 0 aliphatic heterocycles. The van der Waals surface area contributed by atoms with E-state index in [4.69, 9.17) is 10.00 Å². The van der Waals surface area contributed by atoms with Crippen LogP contribution in [0.25, 0.3) is 5.82 Å². The number of pyridine rings is 1. The lowest BCUT2D eigenvalue weighted by molar-refractivity contribution is 0.0223. The van der Waals surface area contributed by atoms with Gasteiger partial charge in [-0.05, 0) is 39.0 Å². The van der Waals surface area contributed by atoms with E-state index >= 15 is 0 Å². The number of aromatic nitrogens is 3. The van der Waals surface area contributed by atoms with Gasteiger partial charge in [0.1, 0.15) is 6.07 Å². The number of nitriles is 1. The summed E-state index contributed by atoms with van der Waals surface area (Å²) in [6, 6.07) is 6.76. The van der Waals surface area contributed by atoms with Gasteiger partial charge in [0.15, 0.2) is 23.4 Å². The molecule has 0 aliphatic carbocycles. The molecule has 1 unspecified atom stereocenters. The van der Waals surface area contributed by atoms with Crippen molar-refractivity contribution in [2.24, 2.45) is 0 Å². The molecule has 21 heavy (non-hydrogen) atoms. The van der Waals surface area contributed by atoms with Crippen LogP contribution in [0.4, 0.5) is 8.78 Å². The molecule has 0 amide bonds. The number of halogens is 2. The van der Waals surface area contributed by atoms with Crippen LogP contribution < -0.4 is 4.74 Å². The Balaban J connectivity index is 2.49. The summed E-state index contributed by atoms with van der Waals surface area (Å²) in [5.41, 5.74) is 1.58. The molecule has 2 rings (SSSR count). The van der Waals surface area contributed by atoms with Crippen LogP contribution in [0.15, 0.2) is 18.2 Å². The largest absolute Gasteiger partial charge is 0.481 e. The zero-order chi connectivity index (χ0) is 15.6. The zero-order valence-corrected chi connectivity index (χ0v) is 11.8. The van der Waals surface area contributed by atoms with Gasteiger partial charge < -0.3 is 4.74 Å². The van der Waals surface area contributed by atoms with Crippen molar-refractivity contribution in [1.82, 2.24) is 14.8 Å². The van der Waals surface area contributed by atoms with Crippen LogP contribution in [0.1, 0.15) is 24.0 Å². The number of aryl methyl sites for hydroxylation is 2. The van der Waals surface area contributed by atoms with Crippen LogP contribution in [0.2, 0.25) is 0 Å². The van der Waals surface area contributed by atoms with Crippen LogP contribution >= 0.6 is 0 Å². The molecular weight excluding hydrogens is 278 g/mol. The molecule has 0 saturated carbocycles. The Kier molecular flexibility index (Phi) is 4.17. The molecule has 110 valence electrons. The fourth-order valence-electron chi connectivity index (χ4n) is 1.77. The second-order valence-electron chi connectivity index (χ2n) is 4.63. The Morgan fingerprint density at radius 3 is 2.62 bits per heavy atom. The van der Waals surface area contributed by atoms with Crippen LogP contribution in [0, 0.1) is 25.2 Å². The molecule has 0 spiro atoms. The van der Waals surface area contributed by atoms with Crippen molar-refractivity contribution in [2.45, 2.75) is 33.3 Å². The molecule has 2 aromatic rings. The lowest BCUT2D eigenvalue weighted by Gasteiger charge is -2.17. The summed E-state index contributed by atoms with van der Waals surface area (Å²) in [6.45, 7) is 4.80. The van der Waals surface area contributed by atoms with Crippen molar-refractivity contribution in [3.05, 3.63) is 35.3 Å². The molecule has 0 aromatic carbocycles. The zero-order valence-electron chi connectivity index (χ0n) is 11.8. The standard InChI is InChI=1S/C14H14F2N4O/c1-8-4-5-12(21-10(3)13(15)16)14(18-8)20-9(2)6-11(7-17)19-20/h4-6,10,13H,1-3H3. The van der Waals surface area contributed by atoms with Gasteiger partial charge in [-0.1, -0.05) is 0 Å². The third-order valence-electron chi connectivity index (χ3n) is 2.85. The normalized spacial score (nSPS) is 12.2. The van der Waals surface area contributed by atoms with Crippen molar-refractivity contribution in [3.8, 4) is 17.6 Å². The predicted octanol–water partition coefficient (Wildman–Crippen LogP) is 2.79. The van der Waals surface area contributed by atoms with E-state index in [9.17, 15) is 8.78 Å². The van der Waals surface area contributed by atoms with Gasteiger partial charge >= 0.3 is 0 Å². The second-order valence-corrected chi connectivity index (χ2v) is 4.63. The molecule has 2 heterocycles. The molecule has 0 saturated heterocycles. The Labute approximate surface area is 120 Å². The second kappa shape index (κ2) is 5.87. The van der Waals surface area contributed by atoms with Gasteiger partial charge in [0.2, 0.25) is 0 Å². The Bertz CT molecular complexity index is 691. The van der Waals surface area contributed by atoms with Crippen LogP contribution in [0.5, 0.6) is 5.75 Å². The van der Waals surface area contributed by atoms with E-state index in [1.165, 1.54) is 11.6 Å². The van der Waals surface area contributed by atoms with Crippen molar-refractivity contribution in [3.63, 3.8) is 0 Å². The van der Waals surface area contributed by atoms with E-state index in [1.54, 1.807) is 32.0 Å². The first-order valence-electron chi connectivity index (χ1n) is 6.32. The maximum atomic E-state index is 12.7. The predicted molar refractivity (Wildman–Crippen MR) is 71.6 cm³/mol. The summed E-state index contributed by atoms with van der Waals surface area (Å²) in [5, 5.41) is 13.0. The van der Waals surface area contributed by atoms with Crippen LogP contribution in [0.3, 0.4) is 0 Å². The van der Waals surface area contributed by atoms with E-state index in [1.807, 2.05) is 6.07 Å². The highest BCUT2D eigenvalue weighted by Gasteiger charge is 2.20. The fraction of sp³-hybridized carbons (Fsp3) is 0.357. The van der Waals surface area contributed by atoms with E-state index in [-0.39, 0.29) is 11.4 Å². The monoisotopic (exact) mass is 292 g/mol. The van der Waals surface area contributed by atoms with Crippen molar-refractivity contribution in [2.75, 3.05) is 0 Å². The summed E-state index contributed by atoms with van der Waals surface area (Å²) >= 11 is 0. The average molecular weight is 292 g/mol. The van der Waals surface area contributed by atoms with Gasteiger partial charge in [-0.3, -0.25) is 0 Å². The number of hydrogen-bond acceptors (Lipinski definition) is 4. The van der Waals surface area contributed by atoms with Crippen molar-refractivity contribution >= 4 is 0 Å². The number of nitrogens with zero attached hydrogens (tertiary/aromatic N) is 4. The van der Waals surface area contributed by atoms with Gasteiger partial charge in [-0.25, -0.2) is 18.4 Å². The SMILES string of the molecule is Cc1ccc(OC(C)C(F)F)c(-n2nc(C#N)cc2C)n1. The van der Waals surface area contributed by atoms with Gasteiger partial charge in [-0.2, -0.15) is 10.4 Å². The molecule has 0 fully saturated rings. The molecule has 5 nitrogen and oxygen atoms in total. The minimum atomic E-state index is -2.60. The van der Waals surface area contributed by atoms with E-state index in [2.05, 4.69) is 10.1 Å². The number of alkyl halides is 2. The maximum Gasteiger partial charge on any atom is 0.274 e. The highest BCUT2D eigenvalue weighted by Crippen LogP contribution is 2.24. The highest BCUT2D eigenvalue weighted by atomic mass is 19.3.